The number of hydrogen-bond acceptors (Lipinski definition) is 5. The van der Waals surface area contributed by atoms with Crippen molar-refractivity contribution in [2.24, 2.45) is 0 Å². The third-order valence-corrected chi connectivity index (χ3v) is 5.73. The molecule has 0 saturated carbocycles. The van der Waals surface area contributed by atoms with E-state index in [1.807, 2.05) is 0 Å². The fourth-order valence-electron chi connectivity index (χ4n) is 3.48. The van der Waals surface area contributed by atoms with Crippen molar-refractivity contribution in [1.82, 2.24) is 0 Å². The summed E-state index contributed by atoms with van der Waals surface area (Å²) in [5.41, 5.74) is -0.216. The van der Waals surface area contributed by atoms with E-state index < -0.39 is 23.2 Å². The maximum absolute atomic E-state index is 11.0. The summed E-state index contributed by atoms with van der Waals surface area (Å²) in [6, 6.07) is 0. The minimum atomic E-state index is -1.02. The number of ether oxygens (including phenoxy) is 2. The monoisotopic (exact) mass is 400 g/mol. The van der Waals surface area contributed by atoms with Gasteiger partial charge in [-0.05, 0) is 30.6 Å². The fourth-order valence-corrected chi connectivity index (χ4v) is 3.69. The Kier molecular flexibility index (Phi) is 7.51. The van der Waals surface area contributed by atoms with Crippen molar-refractivity contribution in [3.8, 4) is 0 Å². The normalized spacial score (nSPS) is 29.5. The Hall–Kier alpha value is -1.34. The van der Waals surface area contributed by atoms with Crippen molar-refractivity contribution >= 4 is 17.6 Å². The number of methoxy groups -OCH3 is 1. The van der Waals surface area contributed by atoms with Gasteiger partial charge in [0.15, 0.2) is 5.56 Å². The van der Waals surface area contributed by atoms with Crippen molar-refractivity contribution in [3.63, 3.8) is 0 Å². The molecule has 0 aromatic heterocycles. The largest absolute Gasteiger partial charge is 0.512 e. The van der Waals surface area contributed by atoms with Gasteiger partial charge in [0.25, 0.3) is 0 Å². The van der Waals surface area contributed by atoms with Crippen LogP contribution in [-0.4, -0.2) is 51.8 Å². The number of hydrogen-bond donors (Lipinski definition) is 3. The summed E-state index contributed by atoms with van der Waals surface area (Å²) in [7, 11) is 1.48. The molecule has 0 spiro atoms. The van der Waals surface area contributed by atoms with Crippen LogP contribution in [0.2, 0.25) is 0 Å². The van der Waals surface area contributed by atoms with Crippen LogP contribution in [0.1, 0.15) is 52.4 Å². The highest BCUT2D eigenvalue weighted by Crippen LogP contribution is 2.53. The molecule has 2 aliphatic rings. The summed E-state index contributed by atoms with van der Waals surface area (Å²) in [5, 5.41) is 30.3. The van der Waals surface area contributed by atoms with Gasteiger partial charge in [0.2, 0.25) is 0 Å². The van der Waals surface area contributed by atoms with Gasteiger partial charge in [0.1, 0.15) is 11.7 Å². The predicted molar refractivity (Wildman–Crippen MR) is 103 cm³/mol. The number of alkyl halides is 1. The number of carboxylic acid groups (broad SMARTS) is 1. The average molecular weight is 401 g/mol. The molecule has 1 saturated heterocycles. The molecule has 1 unspecified atom stereocenters. The highest BCUT2D eigenvalue weighted by atomic mass is 35.5. The third kappa shape index (κ3) is 4.93. The number of allylic oxidation sites excluding steroid dienone is 1. The van der Waals surface area contributed by atoms with Crippen LogP contribution in [-0.2, 0) is 14.3 Å². The Bertz CT molecular complexity index is 653. The lowest BCUT2D eigenvalue weighted by Gasteiger charge is -2.29. The van der Waals surface area contributed by atoms with E-state index in [1.54, 1.807) is 12.2 Å². The summed E-state index contributed by atoms with van der Waals surface area (Å²) in [6.45, 7) is 3.59. The van der Waals surface area contributed by atoms with Gasteiger partial charge in [-0.25, -0.2) is 4.79 Å². The van der Waals surface area contributed by atoms with Crippen LogP contribution in [0.3, 0.4) is 0 Å². The standard InChI is InChI=1S/C20H29ClO6/c1-4-5-6-7-13(22)10-14-15(18(21)26-3)11-16-20(27-16,17(14)23)9-8-12(2)19(24)25/h8,10,16-18,22-23H,4-7,9,11H2,1-3H3,(H,24,25)/b12-8+,13-10-/t16-,17+,18?,20-/m0/s1. The lowest BCUT2D eigenvalue weighted by Crippen LogP contribution is -2.38. The first kappa shape index (κ1) is 22.0. The second-order valence-corrected chi connectivity index (χ2v) is 7.59. The van der Waals surface area contributed by atoms with Crippen LogP contribution < -0.4 is 0 Å². The quantitative estimate of drug-likeness (QED) is 0.169. The number of aliphatic hydroxyl groups excluding tert-OH is 2. The molecule has 3 N–H and O–H groups in total. The molecule has 0 radical (unpaired) electrons. The summed E-state index contributed by atoms with van der Waals surface area (Å²) in [6.07, 6.45) is 6.03. The van der Waals surface area contributed by atoms with E-state index in [0.717, 1.165) is 19.3 Å². The van der Waals surface area contributed by atoms with Gasteiger partial charge in [-0.3, -0.25) is 0 Å². The number of halogens is 1. The van der Waals surface area contributed by atoms with Crippen molar-refractivity contribution < 1.29 is 29.6 Å². The summed E-state index contributed by atoms with van der Waals surface area (Å²) < 4.78 is 11.0. The summed E-state index contributed by atoms with van der Waals surface area (Å²) in [4.78, 5) is 11.0. The molecular formula is C20H29ClO6. The highest BCUT2D eigenvalue weighted by molar-refractivity contribution is 6.21. The predicted octanol–water partition coefficient (Wildman–Crippen LogP) is 3.84. The lowest BCUT2D eigenvalue weighted by atomic mass is 9.79. The van der Waals surface area contributed by atoms with Gasteiger partial charge in [-0.15, -0.1) is 0 Å². The second-order valence-electron chi connectivity index (χ2n) is 7.19. The van der Waals surface area contributed by atoms with Crippen molar-refractivity contribution in [1.29, 1.82) is 0 Å². The minimum absolute atomic E-state index is 0.182. The average Bonchev–Trinajstić information content (AvgIpc) is 3.36. The van der Waals surface area contributed by atoms with E-state index >= 15 is 0 Å². The molecule has 1 heterocycles. The number of epoxide rings is 1. The van der Waals surface area contributed by atoms with E-state index in [-0.39, 0.29) is 23.9 Å². The Labute approximate surface area is 165 Å². The smallest absolute Gasteiger partial charge is 0.330 e. The highest BCUT2D eigenvalue weighted by Gasteiger charge is 2.64. The molecule has 2 rings (SSSR count). The van der Waals surface area contributed by atoms with Gasteiger partial charge in [0.05, 0.1) is 11.9 Å². The van der Waals surface area contributed by atoms with Crippen molar-refractivity contribution in [2.75, 3.05) is 7.11 Å². The molecule has 0 aromatic carbocycles. The Balaban J connectivity index is 2.28. The zero-order chi connectivity index (χ0) is 20.2. The zero-order valence-corrected chi connectivity index (χ0v) is 16.8. The molecule has 152 valence electrons. The molecule has 1 fully saturated rings. The van der Waals surface area contributed by atoms with Crippen LogP contribution in [0.25, 0.3) is 0 Å². The van der Waals surface area contributed by atoms with Crippen LogP contribution in [0, 0.1) is 0 Å². The summed E-state index contributed by atoms with van der Waals surface area (Å²) in [5.74, 6) is -0.819. The molecule has 7 heteroatoms. The second kappa shape index (κ2) is 9.24. The Morgan fingerprint density at radius 2 is 2.15 bits per heavy atom. The number of aliphatic carboxylic acids is 1. The zero-order valence-electron chi connectivity index (χ0n) is 16.1. The van der Waals surface area contributed by atoms with E-state index in [1.165, 1.54) is 14.0 Å². The molecule has 4 atom stereocenters. The van der Waals surface area contributed by atoms with Crippen LogP contribution >= 0.6 is 11.6 Å². The molecule has 6 nitrogen and oxygen atoms in total. The molecule has 0 aromatic rings. The van der Waals surface area contributed by atoms with Gasteiger partial charge >= 0.3 is 5.97 Å². The topological polar surface area (TPSA) is 99.5 Å². The number of fused-ring (bicyclic) bond motifs is 1. The molecule has 1 aliphatic heterocycles. The van der Waals surface area contributed by atoms with E-state index in [2.05, 4.69) is 6.92 Å². The van der Waals surface area contributed by atoms with Crippen LogP contribution in [0.4, 0.5) is 0 Å². The summed E-state index contributed by atoms with van der Waals surface area (Å²) >= 11 is 6.27. The van der Waals surface area contributed by atoms with Crippen LogP contribution in [0.5, 0.6) is 0 Å². The first-order chi connectivity index (χ1) is 12.8. The van der Waals surface area contributed by atoms with Crippen LogP contribution in [0.15, 0.2) is 34.6 Å². The Morgan fingerprint density at radius 3 is 2.74 bits per heavy atom. The fraction of sp³-hybridized carbons (Fsp3) is 0.650. The van der Waals surface area contributed by atoms with Gasteiger partial charge in [0, 0.05) is 31.9 Å². The molecule has 0 amide bonds. The lowest BCUT2D eigenvalue weighted by molar-refractivity contribution is -0.132. The van der Waals surface area contributed by atoms with Crippen molar-refractivity contribution in [2.45, 2.75) is 75.7 Å². The first-order valence-electron chi connectivity index (χ1n) is 9.32. The molecule has 1 aliphatic carbocycles. The van der Waals surface area contributed by atoms with Gasteiger partial charge in [-0.1, -0.05) is 37.4 Å². The van der Waals surface area contributed by atoms with E-state index in [4.69, 9.17) is 26.2 Å². The number of rotatable bonds is 10. The van der Waals surface area contributed by atoms with Gasteiger partial charge < -0.3 is 24.8 Å². The number of carboxylic acids is 1. The Morgan fingerprint density at radius 1 is 1.44 bits per heavy atom. The van der Waals surface area contributed by atoms with E-state index in [9.17, 15) is 15.0 Å². The van der Waals surface area contributed by atoms with Gasteiger partial charge in [-0.2, -0.15) is 0 Å². The maximum Gasteiger partial charge on any atom is 0.330 e. The SMILES string of the molecule is CCCCC/C(O)=C/C1=C(C(Cl)OC)C[C@@H]2O[C@]2(C/C=C(\C)C(=O)O)[C@@H]1O. The van der Waals surface area contributed by atoms with E-state index in [0.29, 0.717) is 24.0 Å². The molecule has 0 bridgehead atoms. The number of unbranched alkanes of at least 4 members (excludes halogenated alkanes) is 2. The maximum atomic E-state index is 11.0. The first-order valence-corrected chi connectivity index (χ1v) is 9.75. The molecular weight excluding hydrogens is 372 g/mol. The third-order valence-electron chi connectivity index (χ3n) is 5.29. The van der Waals surface area contributed by atoms with Crippen molar-refractivity contribution in [3.05, 3.63) is 34.6 Å². The number of aliphatic hydroxyl groups is 2. The molecule has 27 heavy (non-hydrogen) atoms. The minimum Gasteiger partial charge on any atom is -0.512 e. The number of carbonyl (C=O) groups is 1.